The van der Waals surface area contributed by atoms with E-state index in [2.05, 4.69) is 16.8 Å². The number of aromatic nitrogens is 1. The van der Waals surface area contributed by atoms with Crippen molar-refractivity contribution in [1.29, 1.82) is 0 Å². The van der Waals surface area contributed by atoms with Crippen LogP contribution in [0.5, 0.6) is 0 Å². The zero-order valence-corrected chi connectivity index (χ0v) is 11.5. The summed E-state index contributed by atoms with van der Waals surface area (Å²) in [5.41, 5.74) is 0.951. The molecule has 3 nitrogen and oxygen atoms in total. The highest BCUT2D eigenvalue weighted by Crippen LogP contribution is 2.28. The van der Waals surface area contributed by atoms with Gasteiger partial charge in [0.1, 0.15) is 5.82 Å². The Morgan fingerprint density at radius 2 is 2.28 bits per heavy atom. The average Bonchev–Trinajstić information content (AvgIpc) is 2.63. The summed E-state index contributed by atoms with van der Waals surface area (Å²) >= 11 is 0. The topological polar surface area (TPSA) is 36.4 Å². The van der Waals surface area contributed by atoms with E-state index in [1.165, 1.54) is 25.7 Å². The fourth-order valence-corrected chi connectivity index (χ4v) is 2.79. The fraction of sp³-hybridized carbons (Fsp3) is 0.667. The Kier molecular flexibility index (Phi) is 4.59. The summed E-state index contributed by atoms with van der Waals surface area (Å²) in [6.07, 6.45) is 6.45. The summed E-state index contributed by atoms with van der Waals surface area (Å²) in [5.74, 6) is 1.83. The number of pyridine rings is 1. The molecule has 2 atom stereocenters. The monoisotopic (exact) mass is 248 g/mol. The van der Waals surface area contributed by atoms with Crippen LogP contribution in [0, 0.1) is 5.92 Å². The van der Waals surface area contributed by atoms with Gasteiger partial charge in [-0.3, -0.25) is 0 Å². The minimum absolute atomic E-state index is 0.445. The second-order valence-corrected chi connectivity index (χ2v) is 5.28. The minimum atomic E-state index is -0.445. The maximum atomic E-state index is 9.84. The lowest BCUT2D eigenvalue weighted by atomic mass is 9.98. The van der Waals surface area contributed by atoms with Crippen LogP contribution in [0.15, 0.2) is 18.3 Å². The molecule has 3 heteroatoms. The Hall–Kier alpha value is -1.09. The van der Waals surface area contributed by atoms with Gasteiger partial charge in [-0.25, -0.2) is 4.98 Å². The molecule has 2 rings (SSSR count). The van der Waals surface area contributed by atoms with Crippen LogP contribution in [0.3, 0.4) is 0 Å². The van der Waals surface area contributed by atoms with Crippen molar-refractivity contribution in [2.45, 2.75) is 45.6 Å². The summed E-state index contributed by atoms with van der Waals surface area (Å²) in [7, 11) is 0. The molecule has 2 unspecified atom stereocenters. The molecule has 0 radical (unpaired) electrons. The van der Waals surface area contributed by atoms with E-state index >= 15 is 0 Å². The molecular weight excluding hydrogens is 224 g/mol. The second kappa shape index (κ2) is 6.19. The van der Waals surface area contributed by atoms with Gasteiger partial charge in [0.15, 0.2) is 0 Å². The van der Waals surface area contributed by atoms with Crippen molar-refractivity contribution >= 4 is 5.82 Å². The van der Waals surface area contributed by atoms with Gasteiger partial charge in [0.2, 0.25) is 0 Å². The van der Waals surface area contributed by atoms with Gasteiger partial charge in [-0.05, 0) is 38.2 Å². The van der Waals surface area contributed by atoms with Crippen LogP contribution in [-0.4, -0.2) is 23.2 Å². The predicted molar refractivity (Wildman–Crippen MR) is 74.7 cm³/mol. The van der Waals surface area contributed by atoms with Crippen LogP contribution >= 0.6 is 0 Å². The lowest BCUT2D eigenvalue weighted by Gasteiger charge is -2.25. The number of aliphatic hydroxyl groups excluding tert-OH is 1. The summed E-state index contributed by atoms with van der Waals surface area (Å²) in [6.45, 7) is 6.22. The highest BCUT2D eigenvalue weighted by molar-refractivity contribution is 5.47. The second-order valence-electron chi connectivity index (χ2n) is 5.28. The molecule has 2 heterocycles. The van der Waals surface area contributed by atoms with Crippen molar-refractivity contribution in [3.05, 3.63) is 23.9 Å². The number of anilines is 1. The molecular formula is C15H24N2O. The highest BCUT2D eigenvalue weighted by Gasteiger charge is 2.19. The normalized spacial score (nSPS) is 22.6. The molecule has 0 amide bonds. The van der Waals surface area contributed by atoms with E-state index < -0.39 is 6.10 Å². The lowest BCUT2D eigenvalue weighted by molar-refractivity contribution is 0.199. The van der Waals surface area contributed by atoms with Crippen molar-refractivity contribution in [3.63, 3.8) is 0 Å². The van der Waals surface area contributed by atoms with Gasteiger partial charge >= 0.3 is 0 Å². The number of hydrogen-bond donors (Lipinski definition) is 1. The molecule has 0 aromatic carbocycles. The molecule has 1 saturated heterocycles. The molecule has 1 aliphatic heterocycles. The molecule has 1 fully saturated rings. The Bertz CT molecular complexity index is 379. The third-order valence-corrected chi connectivity index (χ3v) is 3.99. The first kappa shape index (κ1) is 13.3. The Balaban J connectivity index is 2.16. The quantitative estimate of drug-likeness (QED) is 0.892. The zero-order valence-electron chi connectivity index (χ0n) is 11.5. The Morgan fingerprint density at radius 3 is 3.00 bits per heavy atom. The average molecular weight is 248 g/mol. The van der Waals surface area contributed by atoms with Crippen LogP contribution in [0.2, 0.25) is 0 Å². The summed E-state index contributed by atoms with van der Waals surface area (Å²) < 4.78 is 0. The molecule has 100 valence electrons. The van der Waals surface area contributed by atoms with E-state index in [1.54, 1.807) is 0 Å². The van der Waals surface area contributed by atoms with Crippen molar-refractivity contribution < 1.29 is 5.11 Å². The summed E-state index contributed by atoms with van der Waals surface area (Å²) in [5, 5.41) is 9.84. The first-order valence-electron chi connectivity index (χ1n) is 7.10. The maximum Gasteiger partial charge on any atom is 0.134 e. The van der Waals surface area contributed by atoms with E-state index in [4.69, 9.17) is 0 Å². The van der Waals surface area contributed by atoms with Crippen LogP contribution in [0.4, 0.5) is 5.82 Å². The molecule has 0 saturated carbocycles. The molecule has 1 aromatic heterocycles. The van der Waals surface area contributed by atoms with E-state index in [-0.39, 0.29) is 0 Å². The summed E-state index contributed by atoms with van der Waals surface area (Å²) in [4.78, 5) is 6.83. The minimum Gasteiger partial charge on any atom is -0.389 e. The maximum absolute atomic E-state index is 9.84. The van der Waals surface area contributed by atoms with E-state index in [9.17, 15) is 5.11 Å². The van der Waals surface area contributed by atoms with Gasteiger partial charge in [0.25, 0.3) is 0 Å². The van der Waals surface area contributed by atoms with Gasteiger partial charge in [0.05, 0.1) is 6.10 Å². The van der Waals surface area contributed by atoms with Crippen molar-refractivity contribution in [2.24, 2.45) is 5.92 Å². The molecule has 1 aromatic rings. The number of nitrogens with zero attached hydrogens (tertiary/aromatic N) is 2. The molecule has 18 heavy (non-hydrogen) atoms. The van der Waals surface area contributed by atoms with Crippen LogP contribution in [0.25, 0.3) is 0 Å². The van der Waals surface area contributed by atoms with Crippen molar-refractivity contribution in [2.75, 3.05) is 18.0 Å². The van der Waals surface area contributed by atoms with Gasteiger partial charge < -0.3 is 10.0 Å². The molecule has 0 aliphatic carbocycles. The van der Waals surface area contributed by atoms with E-state index in [0.717, 1.165) is 30.4 Å². The molecule has 1 N–H and O–H groups in total. The van der Waals surface area contributed by atoms with E-state index in [1.807, 2.05) is 25.3 Å². The van der Waals surface area contributed by atoms with Crippen molar-refractivity contribution in [1.82, 2.24) is 4.98 Å². The van der Waals surface area contributed by atoms with Crippen LogP contribution < -0.4 is 4.90 Å². The van der Waals surface area contributed by atoms with E-state index in [0.29, 0.717) is 0 Å². The summed E-state index contributed by atoms with van der Waals surface area (Å²) in [6, 6.07) is 3.88. The molecule has 0 spiro atoms. The van der Waals surface area contributed by atoms with Gasteiger partial charge in [-0.15, -0.1) is 0 Å². The zero-order chi connectivity index (χ0) is 13.0. The number of aliphatic hydroxyl groups is 1. The van der Waals surface area contributed by atoms with Crippen molar-refractivity contribution in [3.8, 4) is 0 Å². The molecule has 1 aliphatic rings. The smallest absolute Gasteiger partial charge is 0.134 e. The SMILES string of the molecule is CCC1CCCN(c2ncccc2C(C)O)CC1. The van der Waals surface area contributed by atoms with Crippen LogP contribution in [0.1, 0.15) is 51.2 Å². The third-order valence-electron chi connectivity index (χ3n) is 3.99. The van der Waals surface area contributed by atoms with Gasteiger partial charge in [-0.2, -0.15) is 0 Å². The third kappa shape index (κ3) is 3.02. The van der Waals surface area contributed by atoms with Gasteiger partial charge in [-0.1, -0.05) is 19.4 Å². The lowest BCUT2D eigenvalue weighted by Crippen LogP contribution is -2.26. The highest BCUT2D eigenvalue weighted by atomic mass is 16.3. The Morgan fingerprint density at radius 1 is 1.44 bits per heavy atom. The molecule has 0 bridgehead atoms. The first-order valence-corrected chi connectivity index (χ1v) is 7.10. The number of rotatable bonds is 3. The first-order chi connectivity index (χ1) is 8.72. The number of hydrogen-bond acceptors (Lipinski definition) is 3. The predicted octanol–water partition coefficient (Wildman–Crippen LogP) is 3.15. The van der Waals surface area contributed by atoms with Crippen LogP contribution in [-0.2, 0) is 0 Å². The fourth-order valence-electron chi connectivity index (χ4n) is 2.79. The standard InChI is InChI=1S/C15H24N2O/c1-3-13-6-5-10-17(11-8-13)15-14(12(2)18)7-4-9-16-15/h4,7,9,12-13,18H,3,5-6,8,10-11H2,1-2H3. The van der Waals surface area contributed by atoms with Gasteiger partial charge in [0, 0.05) is 24.8 Å². The largest absolute Gasteiger partial charge is 0.389 e. The Labute approximate surface area is 110 Å².